The molecule has 2 N–H and O–H groups in total. The average Bonchev–Trinajstić information content (AvgIpc) is 2.18. The third-order valence-electron chi connectivity index (χ3n) is 1.92. The number of nitrogens with one attached hydrogen (secondary N) is 1. The quantitative estimate of drug-likeness (QED) is 0.716. The van der Waals surface area contributed by atoms with E-state index in [0.29, 0.717) is 5.56 Å². The Morgan fingerprint density at radius 1 is 1.40 bits per heavy atom. The Morgan fingerprint density at radius 3 is 2.40 bits per heavy atom. The molecule has 0 aliphatic heterocycles. The van der Waals surface area contributed by atoms with E-state index >= 15 is 0 Å². The lowest BCUT2D eigenvalue weighted by Crippen LogP contribution is -2.42. The average molecular weight is 203 g/mol. The van der Waals surface area contributed by atoms with Crippen molar-refractivity contribution in [2.45, 2.75) is 19.4 Å². The molecule has 1 rings (SSSR count). The Hall–Kier alpha value is -1.95. The Morgan fingerprint density at radius 2 is 1.93 bits per heavy atom. The van der Waals surface area contributed by atoms with Crippen molar-refractivity contribution in [3.05, 3.63) is 29.8 Å². The number of amides is 1. The number of benzene rings is 1. The van der Waals surface area contributed by atoms with Crippen LogP contribution < -0.4 is 5.32 Å². The molecule has 0 saturated heterocycles. The molecule has 0 bridgehead atoms. The molecule has 0 heterocycles. The Kier molecular flexibility index (Phi) is 3.01. The van der Waals surface area contributed by atoms with Gasteiger partial charge in [-0.1, -0.05) is 5.92 Å². The summed E-state index contributed by atoms with van der Waals surface area (Å²) >= 11 is 0. The SMILES string of the molecule is C#CC(C)(C)NC(=O)c1ccc(O)cc1. The number of phenols is 1. The number of phenolic OH excluding ortho intramolecular Hbond substituents is 1. The van der Waals surface area contributed by atoms with Crippen LogP contribution in [0.15, 0.2) is 24.3 Å². The highest BCUT2D eigenvalue weighted by Crippen LogP contribution is 2.10. The first-order valence-corrected chi connectivity index (χ1v) is 4.54. The van der Waals surface area contributed by atoms with Crippen molar-refractivity contribution in [2.24, 2.45) is 0 Å². The van der Waals surface area contributed by atoms with Crippen LogP contribution in [0.5, 0.6) is 5.75 Å². The second kappa shape index (κ2) is 4.05. The normalized spacial score (nSPS) is 10.5. The zero-order valence-corrected chi connectivity index (χ0v) is 8.74. The maximum atomic E-state index is 11.6. The summed E-state index contributed by atoms with van der Waals surface area (Å²) < 4.78 is 0. The van der Waals surface area contributed by atoms with Crippen LogP contribution in [0.3, 0.4) is 0 Å². The molecule has 0 unspecified atom stereocenters. The zero-order chi connectivity index (χ0) is 11.5. The van der Waals surface area contributed by atoms with E-state index in [9.17, 15) is 4.79 Å². The highest BCUT2D eigenvalue weighted by molar-refractivity contribution is 5.95. The van der Waals surface area contributed by atoms with Gasteiger partial charge in [-0.15, -0.1) is 6.42 Å². The van der Waals surface area contributed by atoms with Crippen LogP contribution in [-0.4, -0.2) is 16.6 Å². The minimum Gasteiger partial charge on any atom is -0.508 e. The molecule has 0 aliphatic rings. The smallest absolute Gasteiger partial charge is 0.252 e. The molecule has 78 valence electrons. The molecule has 15 heavy (non-hydrogen) atoms. The fraction of sp³-hybridized carbons (Fsp3) is 0.250. The summed E-state index contributed by atoms with van der Waals surface area (Å²) in [6.45, 7) is 3.48. The van der Waals surface area contributed by atoms with Gasteiger partial charge in [-0.2, -0.15) is 0 Å². The first-order valence-electron chi connectivity index (χ1n) is 4.54. The van der Waals surface area contributed by atoms with E-state index in [0.717, 1.165) is 0 Å². The van der Waals surface area contributed by atoms with Gasteiger partial charge < -0.3 is 10.4 Å². The molecule has 0 spiro atoms. The third kappa shape index (κ3) is 3.03. The van der Waals surface area contributed by atoms with Crippen molar-refractivity contribution in [1.29, 1.82) is 0 Å². The predicted octanol–water partition coefficient (Wildman–Crippen LogP) is 1.53. The van der Waals surface area contributed by atoms with Crippen molar-refractivity contribution in [3.63, 3.8) is 0 Å². The summed E-state index contributed by atoms with van der Waals surface area (Å²) in [5, 5.41) is 11.7. The maximum absolute atomic E-state index is 11.6. The van der Waals surface area contributed by atoms with E-state index in [1.165, 1.54) is 24.3 Å². The number of aromatic hydroxyl groups is 1. The van der Waals surface area contributed by atoms with Gasteiger partial charge in [0.2, 0.25) is 0 Å². The second-order valence-electron chi connectivity index (χ2n) is 3.77. The lowest BCUT2D eigenvalue weighted by atomic mass is 10.1. The summed E-state index contributed by atoms with van der Waals surface area (Å²) in [6, 6.07) is 5.99. The second-order valence-corrected chi connectivity index (χ2v) is 3.77. The third-order valence-corrected chi connectivity index (χ3v) is 1.92. The Balaban J connectivity index is 2.79. The van der Waals surface area contributed by atoms with Crippen molar-refractivity contribution in [1.82, 2.24) is 5.32 Å². The molecule has 0 atom stereocenters. The molecular formula is C12H13NO2. The number of hydrogen-bond donors (Lipinski definition) is 2. The fourth-order valence-corrected chi connectivity index (χ4v) is 1.00. The Labute approximate surface area is 89.1 Å². The van der Waals surface area contributed by atoms with Gasteiger partial charge in [0.15, 0.2) is 0 Å². The van der Waals surface area contributed by atoms with Crippen molar-refractivity contribution in [3.8, 4) is 18.1 Å². The molecule has 1 aromatic carbocycles. The topological polar surface area (TPSA) is 49.3 Å². The number of carbonyl (C=O) groups excluding carboxylic acids is 1. The summed E-state index contributed by atoms with van der Waals surface area (Å²) in [6.07, 6.45) is 5.25. The van der Waals surface area contributed by atoms with Crippen molar-refractivity contribution in [2.75, 3.05) is 0 Å². The van der Waals surface area contributed by atoms with Crippen molar-refractivity contribution < 1.29 is 9.90 Å². The highest BCUT2D eigenvalue weighted by Gasteiger charge is 2.17. The molecule has 3 heteroatoms. The Bertz CT molecular complexity index is 399. The number of carbonyl (C=O) groups is 1. The van der Waals surface area contributed by atoms with Crippen LogP contribution in [0, 0.1) is 12.3 Å². The molecule has 0 saturated carbocycles. The van der Waals surface area contributed by atoms with E-state index in [1.807, 2.05) is 0 Å². The van der Waals surface area contributed by atoms with Gasteiger partial charge in [0.25, 0.3) is 5.91 Å². The monoisotopic (exact) mass is 203 g/mol. The largest absolute Gasteiger partial charge is 0.508 e. The van der Waals surface area contributed by atoms with Gasteiger partial charge in [0.1, 0.15) is 5.75 Å². The van der Waals surface area contributed by atoms with E-state index in [2.05, 4.69) is 11.2 Å². The summed E-state index contributed by atoms with van der Waals surface area (Å²) in [5.41, 5.74) is -0.203. The molecule has 0 radical (unpaired) electrons. The summed E-state index contributed by atoms with van der Waals surface area (Å²) in [7, 11) is 0. The van der Waals surface area contributed by atoms with E-state index in [-0.39, 0.29) is 11.7 Å². The molecule has 0 aliphatic carbocycles. The minimum atomic E-state index is -0.672. The van der Waals surface area contributed by atoms with Crippen LogP contribution in [-0.2, 0) is 0 Å². The van der Waals surface area contributed by atoms with Gasteiger partial charge in [-0.3, -0.25) is 4.79 Å². The molecular weight excluding hydrogens is 190 g/mol. The standard InChI is InChI=1S/C12H13NO2/c1-4-12(2,3)13-11(15)9-5-7-10(14)8-6-9/h1,5-8,14H,2-3H3,(H,13,15). The fourth-order valence-electron chi connectivity index (χ4n) is 1.00. The van der Waals surface area contributed by atoms with Crippen LogP contribution in [0.2, 0.25) is 0 Å². The number of hydrogen-bond acceptors (Lipinski definition) is 2. The van der Waals surface area contributed by atoms with E-state index in [4.69, 9.17) is 11.5 Å². The lowest BCUT2D eigenvalue weighted by molar-refractivity contribution is 0.0930. The minimum absolute atomic E-state index is 0.128. The van der Waals surface area contributed by atoms with Gasteiger partial charge in [0.05, 0.1) is 5.54 Å². The first kappa shape index (κ1) is 11.1. The van der Waals surface area contributed by atoms with Crippen LogP contribution in [0.25, 0.3) is 0 Å². The van der Waals surface area contributed by atoms with E-state index in [1.54, 1.807) is 13.8 Å². The van der Waals surface area contributed by atoms with Gasteiger partial charge >= 0.3 is 0 Å². The maximum Gasteiger partial charge on any atom is 0.252 e. The molecule has 1 aromatic rings. The molecule has 0 fully saturated rings. The number of rotatable bonds is 2. The summed E-state index contributed by atoms with van der Waals surface area (Å²) in [5.74, 6) is 2.35. The number of terminal acetylenes is 1. The van der Waals surface area contributed by atoms with Gasteiger partial charge in [0, 0.05) is 5.56 Å². The van der Waals surface area contributed by atoms with Crippen molar-refractivity contribution >= 4 is 5.91 Å². The zero-order valence-electron chi connectivity index (χ0n) is 8.74. The van der Waals surface area contributed by atoms with Crippen LogP contribution in [0.4, 0.5) is 0 Å². The lowest BCUT2D eigenvalue weighted by Gasteiger charge is -2.19. The first-order chi connectivity index (χ1) is 6.94. The van der Waals surface area contributed by atoms with Gasteiger partial charge in [-0.05, 0) is 38.1 Å². The predicted molar refractivity (Wildman–Crippen MR) is 58.5 cm³/mol. The summed E-state index contributed by atoms with van der Waals surface area (Å²) in [4.78, 5) is 11.6. The van der Waals surface area contributed by atoms with E-state index < -0.39 is 5.54 Å². The highest BCUT2D eigenvalue weighted by atomic mass is 16.3. The molecule has 3 nitrogen and oxygen atoms in total. The molecule has 0 aromatic heterocycles. The van der Waals surface area contributed by atoms with Crippen LogP contribution >= 0.6 is 0 Å². The van der Waals surface area contributed by atoms with Gasteiger partial charge in [-0.25, -0.2) is 0 Å². The molecule has 1 amide bonds. The van der Waals surface area contributed by atoms with Crippen LogP contribution in [0.1, 0.15) is 24.2 Å².